The standard InChI is InChI=1S/C17H23N3O3/c1-12-4-5-14(19-9-12)6-8-18-16(23)20-10-13-3-2-7-17(13,11-20)15(21)22/h4-5,9,13H,2-3,6-8,10-11H2,1H3,(H,18,23)(H,21,22)/t13-,17+/m0/s1. The first-order valence-corrected chi connectivity index (χ1v) is 8.19. The molecule has 0 bridgehead atoms. The summed E-state index contributed by atoms with van der Waals surface area (Å²) in [5.41, 5.74) is 1.34. The Hall–Kier alpha value is -2.11. The third-order valence-corrected chi connectivity index (χ3v) is 5.21. The van der Waals surface area contributed by atoms with E-state index in [0.29, 0.717) is 32.5 Å². The van der Waals surface area contributed by atoms with E-state index in [1.165, 1.54) is 0 Å². The molecule has 1 aromatic rings. The second-order valence-electron chi connectivity index (χ2n) is 6.74. The Bertz CT molecular complexity index is 602. The first kappa shape index (κ1) is 15.8. The maximum Gasteiger partial charge on any atom is 0.317 e. The van der Waals surface area contributed by atoms with Crippen molar-refractivity contribution in [2.45, 2.75) is 32.6 Å². The zero-order chi connectivity index (χ0) is 16.4. The molecule has 2 heterocycles. The lowest BCUT2D eigenvalue weighted by Crippen LogP contribution is -2.42. The van der Waals surface area contributed by atoms with E-state index < -0.39 is 11.4 Å². The number of aliphatic carboxylic acids is 1. The summed E-state index contributed by atoms with van der Waals surface area (Å²) < 4.78 is 0. The van der Waals surface area contributed by atoms with Crippen LogP contribution >= 0.6 is 0 Å². The highest BCUT2D eigenvalue weighted by Gasteiger charge is 2.55. The van der Waals surface area contributed by atoms with Crippen molar-refractivity contribution in [3.63, 3.8) is 0 Å². The number of rotatable bonds is 4. The fourth-order valence-electron chi connectivity index (χ4n) is 3.85. The lowest BCUT2D eigenvalue weighted by Gasteiger charge is -2.23. The number of urea groups is 1. The number of carboxylic acid groups (broad SMARTS) is 1. The van der Waals surface area contributed by atoms with Crippen LogP contribution in [0.5, 0.6) is 0 Å². The number of aryl methyl sites for hydroxylation is 1. The Balaban J connectivity index is 1.51. The summed E-state index contributed by atoms with van der Waals surface area (Å²) in [6, 6.07) is 3.80. The maximum atomic E-state index is 12.3. The van der Waals surface area contributed by atoms with Gasteiger partial charge in [0, 0.05) is 37.9 Å². The second-order valence-corrected chi connectivity index (χ2v) is 6.74. The molecule has 3 rings (SSSR count). The van der Waals surface area contributed by atoms with E-state index in [1.54, 1.807) is 4.90 Å². The van der Waals surface area contributed by atoms with Crippen LogP contribution < -0.4 is 5.32 Å². The molecule has 6 nitrogen and oxygen atoms in total. The Labute approximate surface area is 135 Å². The molecule has 2 fully saturated rings. The molecule has 1 aliphatic heterocycles. The molecule has 0 radical (unpaired) electrons. The number of hydrogen-bond acceptors (Lipinski definition) is 3. The van der Waals surface area contributed by atoms with Crippen molar-refractivity contribution in [1.82, 2.24) is 15.2 Å². The van der Waals surface area contributed by atoms with E-state index in [4.69, 9.17) is 0 Å². The van der Waals surface area contributed by atoms with Crippen LogP contribution in [0.4, 0.5) is 4.79 Å². The maximum absolute atomic E-state index is 12.3. The number of nitrogens with one attached hydrogen (secondary N) is 1. The second kappa shape index (κ2) is 6.18. The lowest BCUT2D eigenvalue weighted by molar-refractivity contribution is -0.149. The van der Waals surface area contributed by atoms with Crippen molar-refractivity contribution in [3.05, 3.63) is 29.6 Å². The van der Waals surface area contributed by atoms with Gasteiger partial charge in [-0.1, -0.05) is 12.5 Å². The summed E-state index contributed by atoms with van der Waals surface area (Å²) in [5, 5.41) is 12.4. The number of pyridine rings is 1. The van der Waals surface area contributed by atoms with E-state index in [0.717, 1.165) is 24.1 Å². The van der Waals surface area contributed by atoms with E-state index in [2.05, 4.69) is 10.3 Å². The van der Waals surface area contributed by atoms with Crippen molar-refractivity contribution in [2.24, 2.45) is 11.3 Å². The monoisotopic (exact) mass is 317 g/mol. The zero-order valence-electron chi connectivity index (χ0n) is 13.4. The van der Waals surface area contributed by atoms with Gasteiger partial charge in [0.1, 0.15) is 0 Å². The lowest BCUT2D eigenvalue weighted by atomic mass is 9.81. The molecule has 2 amide bonds. The molecule has 23 heavy (non-hydrogen) atoms. The minimum atomic E-state index is -0.751. The summed E-state index contributed by atoms with van der Waals surface area (Å²) in [6.45, 7) is 3.39. The Morgan fingerprint density at radius 1 is 1.48 bits per heavy atom. The molecule has 1 aromatic heterocycles. The van der Waals surface area contributed by atoms with Gasteiger partial charge in [0.2, 0.25) is 0 Å². The highest BCUT2D eigenvalue weighted by atomic mass is 16.4. The van der Waals surface area contributed by atoms with Gasteiger partial charge in [0.15, 0.2) is 0 Å². The molecule has 0 spiro atoms. The fourth-order valence-corrected chi connectivity index (χ4v) is 3.85. The molecular weight excluding hydrogens is 294 g/mol. The Kier molecular flexibility index (Phi) is 4.24. The quantitative estimate of drug-likeness (QED) is 0.887. The van der Waals surface area contributed by atoms with Crippen LogP contribution in [0.2, 0.25) is 0 Å². The predicted octanol–water partition coefficient (Wildman–Crippen LogP) is 1.83. The van der Waals surface area contributed by atoms with Gasteiger partial charge in [-0.15, -0.1) is 0 Å². The van der Waals surface area contributed by atoms with Crippen LogP contribution in [-0.4, -0.2) is 46.6 Å². The smallest absolute Gasteiger partial charge is 0.317 e. The average Bonchev–Trinajstić information content (AvgIpc) is 3.07. The van der Waals surface area contributed by atoms with Gasteiger partial charge in [-0.2, -0.15) is 0 Å². The first-order chi connectivity index (χ1) is 11.0. The van der Waals surface area contributed by atoms with Gasteiger partial charge >= 0.3 is 12.0 Å². The number of carboxylic acids is 1. The molecule has 2 atom stereocenters. The van der Waals surface area contributed by atoms with E-state index in [9.17, 15) is 14.7 Å². The van der Waals surface area contributed by atoms with E-state index >= 15 is 0 Å². The van der Waals surface area contributed by atoms with Crippen LogP contribution in [0.15, 0.2) is 18.3 Å². The SMILES string of the molecule is Cc1ccc(CCNC(=O)N2C[C@@H]3CCC[C@@]3(C(=O)O)C2)nc1. The summed E-state index contributed by atoms with van der Waals surface area (Å²) in [5.74, 6) is -0.649. The highest BCUT2D eigenvalue weighted by Crippen LogP contribution is 2.48. The van der Waals surface area contributed by atoms with Gasteiger partial charge in [0.25, 0.3) is 0 Å². The number of fused-ring (bicyclic) bond motifs is 1. The largest absolute Gasteiger partial charge is 0.481 e. The van der Waals surface area contributed by atoms with Crippen LogP contribution in [-0.2, 0) is 11.2 Å². The third kappa shape index (κ3) is 3.02. The molecule has 6 heteroatoms. The van der Waals surface area contributed by atoms with Crippen molar-refractivity contribution in [1.29, 1.82) is 0 Å². The zero-order valence-corrected chi connectivity index (χ0v) is 13.4. The van der Waals surface area contributed by atoms with Gasteiger partial charge in [-0.25, -0.2) is 4.79 Å². The van der Waals surface area contributed by atoms with Crippen molar-refractivity contribution >= 4 is 12.0 Å². The van der Waals surface area contributed by atoms with Crippen LogP contribution in [0.3, 0.4) is 0 Å². The van der Waals surface area contributed by atoms with Crippen LogP contribution in [0.1, 0.15) is 30.5 Å². The average molecular weight is 317 g/mol. The van der Waals surface area contributed by atoms with Gasteiger partial charge in [0.05, 0.1) is 5.41 Å². The number of hydrogen-bond donors (Lipinski definition) is 2. The topological polar surface area (TPSA) is 82.5 Å². The summed E-state index contributed by atoms with van der Waals surface area (Å²) >= 11 is 0. The van der Waals surface area contributed by atoms with Crippen molar-refractivity contribution in [2.75, 3.05) is 19.6 Å². The summed E-state index contributed by atoms with van der Waals surface area (Å²) in [4.78, 5) is 29.9. The molecule has 2 aliphatic rings. The minimum Gasteiger partial charge on any atom is -0.481 e. The molecule has 124 valence electrons. The van der Waals surface area contributed by atoms with Crippen molar-refractivity contribution < 1.29 is 14.7 Å². The van der Waals surface area contributed by atoms with E-state index in [-0.39, 0.29) is 11.9 Å². The highest BCUT2D eigenvalue weighted by molar-refractivity contribution is 5.80. The third-order valence-electron chi connectivity index (χ3n) is 5.21. The number of carbonyl (C=O) groups excluding carboxylic acids is 1. The van der Waals surface area contributed by atoms with Crippen LogP contribution in [0, 0.1) is 18.3 Å². The summed E-state index contributed by atoms with van der Waals surface area (Å²) in [7, 11) is 0. The molecule has 1 saturated heterocycles. The Morgan fingerprint density at radius 2 is 2.30 bits per heavy atom. The molecular formula is C17H23N3O3. The number of aromatic nitrogens is 1. The number of likely N-dealkylation sites (tertiary alicyclic amines) is 1. The molecule has 1 aliphatic carbocycles. The Morgan fingerprint density at radius 3 is 2.96 bits per heavy atom. The van der Waals surface area contributed by atoms with Gasteiger partial charge < -0.3 is 15.3 Å². The van der Waals surface area contributed by atoms with Gasteiger partial charge in [-0.3, -0.25) is 9.78 Å². The molecule has 1 saturated carbocycles. The molecule has 2 N–H and O–H groups in total. The minimum absolute atomic E-state index is 0.101. The van der Waals surface area contributed by atoms with E-state index in [1.807, 2.05) is 25.3 Å². The fraction of sp³-hybridized carbons (Fsp3) is 0.588. The first-order valence-electron chi connectivity index (χ1n) is 8.19. The predicted molar refractivity (Wildman–Crippen MR) is 85.1 cm³/mol. The van der Waals surface area contributed by atoms with Crippen LogP contribution in [0.25, 0.3) is 0 Å². The van der Waals surface area contributed by atoms with Gasteiger partial charge in [-0.05, 0) is 37.3 Å². The molecule has 0 aromatic carbocycles. The van der Waals surface area contributed by atoms with Crippen molar-refractivity contribution in [3.8, 4) is 0 Å². The summed E-state index contributed by atoms with van der Waals surface area (Å²) in [6.07, 6.45) is 5.03. The number of nitrogens with zero attached hydrogens (tertiary/aromatic N) is 2. The number of amides is 2. The number of carbonyl (C=O) groups is 2. The normalized spacial score (nSPS) is 26.1. The molecule has 0 unspecified atom stereocenters.